The minimum atomic E-state index is -0.788. The van der Waals surface area contributed by atoms with Crippen LogP contribution in [0.3, 0.4) is 0 Å². The van der Waals surface area contributed by atoms with Crippen molar-refractivity contribution in [1.82, 2.24) is 5.32 Å². The average Bonchev–Trinajstić information content (AvgIpc) is 2.74. The van der Waals surface area contributed by atoms with Gasteiger partial charge in [-0.05, 0) is 29.8 Å². The molecule has 152 valence electrons. The van der Waals surface area contributed by atoms with Crippen molar-refractivity contribution in [1.29, 1.82) is 0 Å². The number of amides is 1. The first-order chi connectivity index (χ1) is 13.9. The standard InChI is InChI=1S/C20H20N2O7/c1-27-17-9-7-14(11-18(17)28-2)12-21-19(23)13-29-20(24)10-8-15-5-3-4-6-16(15)22(25)26/h3-11H,12-13H2,1-2H3,(H,21,23)/b10-8+. The summed E-state index contributed by atoms with van der Waals surface area (Å²) >= 11 is 0. The van der Waals surface area contributed by atoms with Crippen molar-refractivity contribution in [2.45, 2.75) is 6.54 Å². The second-order valence-corrected chi connectivity index (χ2v) is 5.72. The monoisotopic (exact) mass is 400 g/mol. The zero-order valence-electron chi connectivity index (χ0n) is 15.9. The lowest BCUT2D eigenvalue weighted by molar-refractivity contribution is -0.385. The van der Waals surface area contributed by atoms with Crippen molar-refractivity contribution >= 4 is 23.6 Å². The molecule has 0 aliphatic carbocycles. The molecular weight excluding hydrogens is 380 g/mol. The second kappa shape index (κ2) is 10.5. The Morgan fingerprint density at radius 1 is 1.10 bits per heavy atom. The Labute approximate surface area is 167 Å². The molecule has 0 bridgehead atoms. The third-order valence-electron chi connectivity index (χ3n) is 3.82. The highest BCUT2D eigenvalue weighted by Gasteiger charge is 2.11. The van der Waals surface area contributed by atoms with E-state index in [-0.39, 0.29) is 17.8 Å². The van der Waals surface area contributed by atoms with Crippen LogP contribution in [0.4, 0.5) is 5.69 Å². The SMILES string of the molecule is COc1ccc(CNC(=O)COC(=O)/C=C/c2ccccc2[N+](=O)[O-])cc1OC. The van der Waals surface area contributed by atoms with Crippen LogP contribution in [0.1, 0.15) is 11.1 Å². The number of esters is 1. The number of hydrogen-bond donors (Lipinski definition) is 1. The summed E-state index contributed by atoms with van der Waals surface area (Å²) in [6.07, 6.45) is 2.30. The predicted molar refractivity (Wildman–Crippen MR) is 104 cm³/mol. The number of nitrogens with zero attached hydrogens (tertiary/aromatic N) is 1. The summed E-state index contributed by atoms with van der Waals surface area (Å²) in [5, 5.41) is 13.5. The number of para-hydroxylation sites is 1. The molecule has 1 amide bonds. The lowest BCUT2D eigenvalue weighted by Gasteiger charge is -2.10. The number of benzene rings is 2. The molecule has 2 rings (SSSR count). The van der Waals surface area contributed by atoms with E-state index in [2.05, 4.69) is 5.32 Å². The number of hydrogen-bond acceptors (Lipinski definition) is 7. The largest absolute Gasteiger partial charge is 0.493 e. The maximum absolute atomic E-state index is 11.9. The van der Waals surface area contributed by atoms with Crippen LogP contribution < -0.4 is 14.8 Å². The van der Waals surface area contributed by atoms with Crippen molar-refractivity contribution < 1.29 is 28.7 Å². The number of nitrogens with one attached hydrogen (secondary N) is 1. The molecule has 0 saturated heterocycles. The number of carbonyl (C=O) groups excluding carboxylic acids is 2. The number of nitro groups is 1. The van der Waals surface area contributed by atoms with Crippen LogP contribution in [0, 0.1) is 10.1 Å². The van der Waals surface area contributed by atoms with Gasteiger partial charge < -0.3 is 19.5 Å². The first-order valence-electron chi connectivity index (χ1n) is 8.50. The van der Waals surface area contributed by atoms with E-state index in [9.17, 15) is 19.7 Å². The summed E-state index contributed by atoms with van der Waals surface area (Å²) in [6.45, 7) is -0.268. The molecule has 0 atom stereocenters. The Morgan fingerprint density at radius 2 is 1.83 bits per heavy atom. The minimum Gasteiger partial charge on any atom is -0.493 e. The molecule has 0 aliphatic heterocycles. The van der Waals surface area contributed by atoms with E-state index < -0.39 is 23.4 Å². The van der Waals surface area contributed by atoms with Crippen molar-refractivity contribution in [2.75, 3.05) is 20.8 Å². The molecule has 9 nitrogen and oxygen atoms in total. The predicted octanol–water partition coefficient (Wildman–Crippen LogP) is 2.48. The smallest absolute Gasteiger partial charge is 0.331 e. The second-order valence-electron chi connectivity index (χ2n) is 5.72. The fraction of sp³-hybridized carbons (Fsp3) is 0.200. The molecule has 1 N–H and O–H groups in total. The highest BCUT2D eigenvalue weighted by molar-refractivity contribution is 5.89. The van der Waals surface area contributed by atoms with Crippen LogP contribution in [0.15, 0.2) is 48.5 Å². The molecule has 0 fully saturated rings. The van der Waals surface area contributed by atoms with Gasteiger partial charge in [0.05, 0.1) is 24.7 Å². The molecule has 9 heteroatoms. The van der Waals surface area contributed by atoms with Gasteiger partial charge >= 0.3 is 5.97 Å². The van der Waals surface area contributed by atoms with Crippen LogP contribution in [-0.2, 0) is 20.9 Å². The number of methoxy groups -OCH3 is 2. The van der Waals surface area contributed by atoms with E-state index in [4.69, 9.17) is 14.2 Å². The van der Waals surface area contributed by atoms with Gasteiger partial charge in [0, 0.05) is 18.7 Å². The van der Waals surface area contributed by atoms with Gasteiger partial charge in [0.2, 0.25) is 0 Å². The summed E-state index contributed by atoms with van der Waals surface area (Å²) < 4.78 is 15.2. The molecule has 2 aromatic rings. The van der Waals surface area contributed by atoms with E-state index in [1.807, 2.05) is 0 Å². The van der Waals surface area contributed by atoms with Gasteiger partial charge in [0.15, 0.2) is 18.1 Å². The summed E-state index contributed by atoms with van der Waals surface area (Å²) in [5.74, 6) is -0.176. The van der Waals surface area contributed by atoms with Crippen LogP contribution in [0.2, 0.25) is 0 Å². The highest BCUT2D eigenvalue weighted by Crippen LogP contribution is 2.27. The van der Waals surface area contributed by atoms with Crippen LogP contribution in [-0.4, -0.2) is 37.6 Å². The molecule has 29 heavy (non-hydrogen) atoms. The van der Waals surface area contributed by atoms with Gasteiger partial charge in [-0.3, -0.25) is 14.9 Å². The number of carbonyl (C=O) groups is 2. The Kier molecular flexibility index (Phi) is 7.72. The quantitative estimate of drug-likeness (QED) is 0.297. The van der Waals surface area contributed by atoms with Gasteiger partial charge in [-0.15, -0.1) is 0 Å². The third kappa shape index (κ3) is 6.35. The van der Waals surface area contributed by atoms with E-state index >= 15 is 0 Å². The number of rotatable bonds is 9. The third-order valence-corrected chi connectivity index (χ3v) is 3.82. The Balaban J connectivity index is 1.83. The van der Waals surface area contributed by atoms with Gasteiger partial charge in [0.1, 0.15) is 0 Å². The maximum Gasteiger partial charge on any atom is 0.331 e. The van der Waals surface area contributed by atoms with Crippen molar-refractivity contribution in [2.24, 2.45) is 0 Å². The first kappa shape index (κ1) is 21.4. The average molecular weight is 400 g/mol. The molecule has 0 radical (unpaired) electrons. The molecule has 0 saturated carbocycles. The van der Waals surface area contributed by atoms with Crippen LogP contribution in [0.5, 0.6) is 11.5 Å². The molecule has 0 aromatic heterocycles. The van der Waals surface area contributed by atoms with Crippen molar-refractivity contribution in [3.05, 3.63) is 69.8 Å². The van der Waals surface area contributed by atoms with Gasteiger partial charge in [-0.1, -0.05) is 18.2 Å². The first-order valence-corrected chi connectivity index (χ1v) is 8.50. The molecule has 0 aliphatic rings. The zero-order chi connectivity index (χ0) is 21.2. The molecular formula is C20H20N2O7. The minimum absolute atomic E-state index is 0.135. The molecule has 0 unspecified atom stereocenters. The fourth-order valence-electron chi connectivity index (χ4n) is 2.38. The Hall–Kier alpha value is -3.88. The van der Waals surface area contributed by atoms with E-state index in [1.165, 1.54) is 38.5 Å². The Bertz CT molecular complexity index is 925. The van der Waals surface area contributed by atoms with Gasteiger partial charge in [-0.25, -0.2) is 4.79 Å². The fourth-order valence-corrected chi connectivity index (χ4v) is 2.38. The number of nitro benzene ring substituents is 1. The lowest BCUT2D eigenvalue weighted by Crippen LogP contribution is -2.28. The van der Waals surface area contributed by atoms with Crippen molar-refractivity contribution in [3.8, 4) is 11.5 Å². The maximum atomic E-state index is 11.9. The van der Waals surface area contributed by atoms with Gasteiger partial charge in [0.25, 0.3) is 11.6 Å². The molecule has 0 heterocycles. The molecule has 0 spiro atoms. The summed E-state index contributed by atoms with van der Waals surface area (Å²) in [7, 11) is 3.04. The van der Waals surface area contributed by atoms with E-state index in [1.54, 1.807) is 24.3 Å². The van der Waals surface area contributed by atoms with Gasteiger partial charge in [-0.2, -0.15) is 0 Å². The summed E-state index contributed by atoms with van der Waals surface area (Å²) in [6, 6.07) is 11.2. The topological polar surface area (TPSA) is 117 Å². The molecule has 2 aromatic carbocycles. The summed E-state index contributed by atoms with van der Waals surface area (Å²) in [5.41, 5.74) is 0.898. The van der Waals surface area contributed by atoms with Crippen LogP contribution >= 0.6 is 0 Å². The Morgan fingerprint density at radius 3 is 2.52 bits per heavy atom. The number of ether oxygens (including phenoxy) is 3. The van der Waals surface area contributed by atoms with E-state index in [0.29, 0.717) is 11.5 Å². The van der Waals surface area contributed by atoms with E-state index in [0.717, 1.165) is 11.6 Å². The lowest BCUT2D eigenvalue weighted by atomic mass is 10.1. The van der Waals surface area contributed by atoms with Crippen LogP contribution in [0.25, 0.3) is 6.08 Å². The normalized spacial score (nSPS) is 10.4. The summed E-state index contributed by atoms with van der Waals surface area (Å²) in [4.78, 5) is 34.0. The highest BCUT2D eigenvalue weighted by atomic mass is 16.6. The van der Waals surface area contributed by atoms with Crippen molar-refractivity contribution in [3.63, 3.8) is 0 Å². The zero-order valence-corrected chi connectivity index (χ0v) is 15.9.